The van der Waals surface area contributed by atoms with Crippen molar-refractivity contribution in [1.82, 2.24) is 29.9 Å². The maximum absolute atomic E-state index is 13.3. The lowest BCUT2D eigenvalue weighted by atomic mass is 10.2. The Morgan fingerprint density at radius 2 is 1.85 bits per heavy atom. The van der Waals surface area contributed by atoms with Gasteiger partial charge in [-0.2, -0.15) is 4.68 Å². The van der Waals surface area contributed by atoms with Gasteiger partial charge in [-0.05, 0) is 48.9 Å². The second-order valence-corrected chi connectivity index (χ2v) is 7.82. The lowest BCUT2D eigenvalue weighted by Gasteiger charge is -2.35. The fraction of sp³-hybridized carbons (Fsp3) is 0.261. The summed E-state index contributed by atoms with van der Waals surface area (Å²) in [7, 11) is 0. The minimum Gasteiger partial charge on any atom is -0.484 e. The van der Waals surface area contributed by atoms with Gasteiger partial charge in [-0.15, -0.1) is 5.10 Å². The number of rotatable bonds is 5. The van der Waals surface area contributed by atoms with Gasteiger partial charge in [0.25, 0.3) is 5.91 Å². The molecule has 168 valence electrons. The molecule has 0 unspecified atom stereocenters. The van der Waals surface area contributed by atoms with Crippen molar-refractivity contribution in [3.63, 3.8) is 0 Å². The van der Waals surface area contributed by atoms with Gasteiger partial charge in [-0.1, -0.05) is 17.3 Å². The number of fused-ring (bicyclic) bond motifs is 1. The van der Waals surface area contributed by atoms with Gasteiger partial charge in [0.15, 0.2) is 23.6 Å². The first-order valence-electron chi connectivity index (χ1n) is 10.6. The van der Waals surface area contributed by atoms with E-state index >= 15 is 0 Å². The Labute approximate surface area is 189 Å². The molecule has 1 fully saturated rings. The second-order valence-electron chi connectivity index (χ2n) is 7.82. The standard InChI is InChI=1S/C23H22FN7O2/c1-16-3-2-4-19(13-16)33-14-20(32)29-9-11-30(12-10-29)22-21-23(26-15-25-22)31(28-27-21)18-7-5-17(24)6-8-18/h2-8,13,15H,9-12,14H2,1H3. The molecule has 3 heterocycles. The van der Waals surface area contributed by atoms with Crippen molar-refractivity contribution < 1.29 is 13.9 Å². The van der Waals surface area contributed by atoms with Crippen LogP contribution in [0.3, 0.4) is 0 Å². The molecule has 4 aromatic rings. The quantitative estimate of drug-likeness (QED) is 0.464. The molecule has 33 heavy (non-hydrogen) atoms. The van der Waals surface area contributed by atoms with E-state index in [1.165, 1.54) is 18.5 Å². The van der Waals surface area contributed by atoms with Crippen molar-refractivity contribution in [2.75, 3.05) is 37.7 Å². The molecule has 0 bridgehead atoms. The van der Waals surface area contributed by atoms with Crippen LogP contribution in [0.5, 0.6) is 5.75 Å². The average molecular weight is 447 g/mol. The Morgan fingerprint density at radius 3 is 2.61 bits per heavy atom. The molecule has 1 saturated heterocycles. The Kier molecular flexibility index (Phi) is 5.55. The van der Waals surface area contributed by atoms with Crippen molar-refractivity contribution >= 4 is 22.9 Å². The second kappa shape index (κ2) is 8.81. The highest BCUT2D eigenvalue weighted by molar-refractivity contribution is 5.84. The molecular weight excluding hydrogens is 425 g/mol. The maximum Gasteiger partial charge on any atom is 0.260 e. The van der Waals surface area contributed by atoms with Crippen LogP contribution >= 0.6 is 0 Å². The van der Waals surface area contributed by atoms with Gasteiger partial charge < -0.3 is 14.5 Å². The fourth-order valence-electron chi connectivity index (χ4n) is 3.83. The molecule has 1 aliphatic heterocycles. The summed E-state index contributed by atoms with van der Waals surface area (Å²) >= 11 is 0. The Morgan fingerprint density at radius 1 is 1.06 bits per heavy atom. The van der Waals surface area contributed by atoms with Crippen LogP contribution in [0.25, 0.3) is 16.9 Å². The van der Waals surface area contributed by atoms with E-state index in [4.69, 9.17) is 4.74 Å². The van der Waals surface area contributed by atoms with Crippen molar-refractivity contribution in [2.24, 2.45) is 0 Å². The number of anilines is 1. The summed E-state index contributed by atoms with van der Waals surface area (Å²) in [4.78, 5) is 25.2. The van der Waals surface area contributed by atoms with E-state index in [0.29, 0.717) is 54.6 Å². The number of hydrogen-bond acceptors (Lipinski definition) is 7. The fourth-order valence-corrected chi connectivity index (χ4v) is 3.83. The third kappa shape index (κ3) is 4.32. The molecule has 0 saturated carbocycles. The number of carbonyl (C=O) groups excluding carboxylic acids is 1. The van der Waals surface area contributed by atoms with E-state index in [-0.39, 0.29) is 18.3 Å². The number of hydrogen-bond donors (Lipinski definition) is 0. The predicted molar refractivity (Wildman–Crippen MR) is 120 cm³/mol. The third-order valence-electron chi connectivity index (χ3n) is 5.57. The molecule has 2 aromatic heterocycles. The molecule has 0 spiro atoms. The lowest BCUT2D eigenvalue weighted by Crippen LogP contribution is -2.50. The normalized spacial score (nSPS) is 14.0. The molecule has 9 nitrogen and oxygen atoms in total. The number of amides is 1. The highest BCUT2D eigenvalue weighted by Gasteiger charge is 2.25. The van der Waals surface area contributed by atoms with Crippen LogP contribution < -0.4 is 9.64 Å². The van der Waals surface area contributed by atoms with Crippen molar-refractivity contribution in [3.05, 3.63) is 66.2 Å². The highest BCUT2D eigenvalue weighted by Crippen LogP contribution is 2.24. The monoisotopic (exact) mass is 447 g/mol. The minimum absolute atomic E-state index is 0.00714. The van der Waals surface area contributed by atoms with E-state index in [0.717, 1.165) is 5.56 Å². The number of ether oxygens (including phenoxy) is 1. The summed E-state index contributed by atoms with van der Waals surface area (Å²) in [5, 5.41) is 8.46. The molecule has 0 atom stereocenters. The summed E-state index contributed by atoms with van der Waals surface area (Å²) in [5.74, 6) is 0.979. The summed E-state index contributed by atoms with van der Waals surface area (Å²) in [6.07, 6.45) is 1.47. The average Bonchev–Trinajstić information content (AvgIpc) is 3.28. The molecule has 0 radical (unpaired) electrons. The number of carbonyl (C=O) groups is 1. The zero-order chi connectivity index (χ0) is 22.8. The Hall–Kier alpha value is -4.08. The largest absolute Gasteiger partial charge is 0.484 e. The first-order valence-corrected chi connectivity index (χ1v) is 10.6. The Balaban J connectivity index is 1.26. The zero-order valence-corrected chi connectivity index (χ0v) is 18.1. The van der Waals surface area contributed by atoms with Crippen molar-refractivity contribution in [3.8, 4) is 11.4 Å². The first-order chi connectivity index (χ1) is 16.1. The van der Waals surface area contributed by atoms with Crippen LogP contribution in [-0.4, -0.2) is 68.6 Å². The number of aromatic nitrogens is 5. The SMILES string of the molecule is Cc1cccc(OCC(=O)N2CCN(c3ncnc4c3nnn4-c3ccc(F)cc3)CC2)c1. The van der Waals surface area contributed by atoms with E-state index in [2.05, 4.69) is 25.2 Å². The molecular formula is C23H22FN7O2. The molecule has 10 heteroatoms. The van der Waals surface area contributed by atoms with Gasteiger partial charge >= 0.3 is 0 Å². The third-order valence-corrected chi connectivity index (χ3v) is 5.57. The zero-order valence-electron chi connectivity index (χ0n) is 18.1. The molecule has 1 amide bonds. The summed E-state index contributed by atoms with van der Waals surface area (Å²) in [6.45, 7) is 4.29. The first kappa shape index (κ1) is 20.8. The molecule has 0 aliphatic carbocycles. The summed E-state index contributed by atoms with van der Waals surface area (Å²) in [6, 6.07) is 13.6. The van der Waals surface area contributed by atoms with Gasteiger partial charge in [0.05, 0.1) is 5.69 Å². The van der Waals surface area contributed by atoms with Crippen LogP contribution in [0.1, 0.15) is 5.56 Å². The van der Waals surface area contributed by atoms with E-state index in [1.54, 1.807) is 21.7 Å². The minimum atomic E-state index is -0.324. The molecule has 1 aliphatic rings. The Bertz CT molecular complexity index is 1280. The predicted octanol–water partition coefficient (Wildman–Crippen LogP) is 2.39. The van der Waals surface area contributed by atoms with Crippen LogP contribution in [-0.2, 0) is 4.79 Å². The number of halogens is 1. The van der Waals surface area contributed by atoms with Crippen molar-refractivity contribution in [1.29, 1.82) is 0 Å². The molecule has 0 N–H and O–H groups in total. The number of nitrogens with zero attached hydrogens (tertiary/aromatic N) is 7. The highest BCUT2D eigenvalue weighted by atomic mass is 19.1. The van der Waals surface area contributed by atoms with Crippen LogP contribution in [0.4, 0.5) is 10.2 Å². The van der Waals surface area contributed by atoms with Gasteiger partial charge in [0.2, 0.25) is 0 Å². The summed E-state index contributed by atoms with van der Waals surface area (Å²) < 4.78 is 20.5. The lowest BCUT2D eigenvalue weighted by molar-refractivity contribution is -0.133. The van der Waals surface area contributed by atoms with Gasteiger partial charge in [-0.3, -0.25) is 4.79 Å². The molecule has 2 aromatic carbocycles. The maximum atomic E-state index is 13.3. The van der Waals surface area contributed by atoms with Crippen LogP contribution in [0.2, 0.25) is 0 Å². The smallest absolute Gasteiger partial charge is 0.260 e. The van der Waals surface area contributed by atoms with Gasteiger partial charge in [0.1, 0.15) is 17.9 Å². The molecule has 5 rings (SSSR count). The van der Waals surface area contributed by atoms with E-state index < -0.39 is 0 Å². The van der Waals surface area contributed by atoms with E-state index in [1.807, 2.05) is 31.2 Å². The number of piperazine rings is 1. The topological polar surface area (TPSA) is 89.3 Å². The van der Waals surface area contributed by atoms with Crippen LogP contribution in [0.15, 0.2) is 54.9 Å². The van der Waals surface area contributed by atoms with Gasteiger partial charge in [0, 0.05) is 26.2 Å². The van der Waals surface area contributed by atoms with Gasteiger partial charge in [-0.25, -0.2) is 14.4 Å². The number of benzene rings is 2. The van der Waals surface area contributed by atoms with Crippen molar-refractivity contribution in [2.45, 2.75) is 6.92 Å². The van der Waals surface area contributed by atoms with E-state index in [9.17, 15) is 9.18 Å². The number of aryl methyl sites for hydroxylation is 1. The van der Waals surface area contributed by atoms with Crippen LogP contribution in [0, 0.1) is 12.7 Å². The summed E-state index contributed by atoms with van der Waals surface area (Å²) in [5.41, 5.74) is 2.84.